The fourth-order valence-electron chi connectivity index (χ4n) is 4.33. The molecule has 0 spiro atoms. The molecule has 0 bridgehead atoms. The highest BCUT2D eigenvalue weighted by atomic mass is 32.2. The molecular weight excluding hydrogens is 568 g/mol. The summed E-state index contributed by atoms with van der Waals surface area (Å²) in [6.07, 6.45) is 3.65. The van der Waals surface area contributed by atoms with Crippen LogP contribution < -0.4 is 14.8 Å². The van der Waals surface area contributed by atoms with Crippen molar-refractivity contribution in [2.24, 2.45) is 0 Å². The normalized spacial score (nSPS) is 12.5. The van der Waals surface area contributed by atoms with Crippen LogP contribution in [0.4, 0.5) is 5.69 Å². The molecule has 3 N–H and O–H groups in total. The van der Waals surface area contributed by atoms with Gasteiger partial charge in [0.2, 0.25) is 0 Å². The Balaban J connectivity index is 1.29. The smallest absolute Gasteiger partial charge is 0.344 e. The number of aryl methyl sites for hydroxylation is 1. The summed E-state index contributed by atoms with van der Waals surface area (Å²) in [6, 6.07) is 22.3. The first-order valence-corrected chi connectivity index (χ1v) is 15.5. The molecule has 43 heavy (non-hydrogen) atoms. The fourth-order valence-corrected chi connectivity index (χ4v) is 5.40. The Kier molecular flexibility index (Phi) is 10.6. The largest absolute Gasteiger partial charge is 0.482 e. The number of aliphatic hydroxyl groups excluding tert-OH is 1. The SMILES string of the molecule is CCOC(=O)COc1cccc(-c2cn(CCC(C)(C)NCC(O)c3cccc(NS(=O)(=O)c4ccccc4)c3)cn2)c1. The van der Waals surface area contributed by atoms with Gasteiger partial charge < -0.3 is 24.5 Å². The highest BCUT2D eigenvalue weighted by Crippen LogP contribution is 2.24. The Morgan fingerprint density at radius 2 is 1.81 bits per heavy atom. The van der Waals surface area contributed by atoms with Gasteiger partial charge in [0.1, 0.15) is 5.75 Å². The van der Waals surface area contributed by atoms with E-state index in [1.165, 1.54) is 12.1 Å². The van der Waals surface area contributed by atoms with Crippen LogP contribution in [0.2, 0.25) is 0 Å². The number of anilines is 1. The lowest BCUT2D eigenvalue weighted by atomic mass is 9.99. The molecule has 228 valence electrons. The number of carbonyl (C=O) groups is 1. The number of rotatable bonds is 15. The Morgan fingerprint density at radius 1 is 1.05 bits per heavy atom. The zero-order valence-corrected chi connectivity index (χ0v) is 25.4. The van der Waals surface area contributed by atoms with Crippen molar-refractivity contribution < 1.29 is 27.8 Å². The lowest BCUT2D eigenvalue weighted by Gasteiger charge is -2.28. The zero-order chi connectivity index (χ0) is 30.9. The van der Waals surface area contributed by atoms with Crippen LogP contribution >= 0.6 is 0 Å². The minimum absolute atomic E-state index is 0.152. The quantitative estimate of drug-likeness (QED) is 0.165. The first-order chi connectivity index (χ1) is 20.5. The number of imidazole rings is 1. The Morgan fingerprint density at radius 3 is 2.58 bits per heavy atom. The average molecular weight is 607 g/mol. The van der Waals surface area contributed by atoms with Crippen LogP contribution in [0.3, 0.4) is 0 Å². The maximum Gasteiger partial charge on any atom is 0.344 e. The molecule has 0 aliphatic heterocycles. The molecule has 1 atom stereocenters. The van der Waals surface area contributed by atoms with Crippen molar-refractivity contribution in [3.05, 3.63) is 97.0 Å². The predicted molar refractivity (Wildman–Crippen MR) is 165 cm³/mol. The second kappa shape index (κ2) is 14.3. The minimum atomic E-state index is -3.73. The molecule has 4 rings (SSSR count). The molecule has 1 aromatic heterocycles. The van der Waals surface area contributed by atoms with E-state index >= 15 is 0 Å². The number of carbonyl (C=O) groups excluding carboxylic acids is 1. The maximum atomic E-state index is 12.7. The summed E-state index contributed by atoms with van der Waals surface area (Å²) in [4.78, 5) is 16.3. The van der Waals surface area contributed by atoms with Gasteiger partial charge in [-0.3, -0.25) is 4.72 Å². The van der Waals surface area contributed by atoms with E-state index in [1.54, 1.807) is 61.8 Å². The summed E-state index contributed by atoms with van der Waals surface area (Å²) in [5.41, 5.74) is 2.33. The molecule has 0 amide bonds. The van der Waals surface area contributed by atoms with Gasteiger partial charge in [-0.15, -0.1) is 0 Å². The van der Waals surface area contributed by atoms with Crippen molar-refractivity contribution in [2.45, 2.75) is 50.3 Å². The number of esters is 1. The average Bonchev–Trinajstić information content (AvgIpc) is 3.48. The van der Waals surface area contributed by atoms with Crippen LogP contribution in [0.15, 0.2) is 96.3 Å². The van der Waals surface area contributed by atoms with E-state index in [0.29, 0.717) is 30.2 Å². The lowest BCUT2D eigenvalue weighted by molar-refractivity contribution is -0.145. The van der Waals surface area contributed by atoms with Crippen molar-refractivity contribution in [3.8, 4) is 17.0 Å². The Labute approximate surface area is 252 Å². The number of hydrogen-bond donors (Lipinski definition) is 3. The maximum absolute atomic E-state index is 12.7. The summed E-state index contributed by atoms with van der Waals surface area (Å²) >= 11 is 0. The highest BCUT2D eigenvalue weighted by molar-refractivity contribution is 7.92. The van der Waals surface area contributed by atoms with Crippen LogP contribution in [-0.4, -0.2) is 54.3 Å². The van der Waals surface area contributed by atoms with Gasteiger partial charge in [-0.25, -0.2) is 18.2 Å². The fraction of sp³-hybridized carbons (Fsp3) is 0.312. The summed E-state index contributed by atoms with van der Waals surface area (Å²) in [5.74, 6) is 0.142. The molecular formula is C32H38N4O6S. The van der Waals surface area contributed by atoms with E-state index < -0.39 is 22.1 Å². The molecule has 1 unspecified atom stereocenters. The number of sulfonamides is 1. The second-order valence-electron chi connectivity index (χ2n) is 10.7. The number of aliphatic hydroxyl groups is 1. The number of β-amino-alcohol motifs (C(OH)–C–C–N with tert-alkyl or cyclic N) is 1. The molecule has 4 aromatic rings. The van der Waals surface area contributed by atoms with E-state index in [0.717, 1.165) is 17.7 Å². The molecule has 3 aromatic carbocycles. The standard InChI is InChI=1S/C32H38N4O6S/c1-4-41-31(38)22-42-27-13-9-10-24(19-27)29-21-36(23-33-29)17-16-32(2,3)34-20-30(37)25-11-8-12-26(18-25)35-43(39,40)28-14-6-5-7-15-28/h5-15,18-19,21,23,30,34-35,37H,4,16-17,20,22H2,1-3H3. The van der Waals surface area contributed by atoms with E-state index in [1.807, 2.05) is 29.0 Å². The van der Waals surface area contributed by atoms with Crippen molar-refractivity contribution in [3.63, 3.8) is 0 Å². The third-order valence-electron chi connectivity index (χ3n) is 6.77. The van der Waals surface area contributed by atoms with Gasteiger partial charge in [0.05, 0.1) is 29.6 Å². The number of aromatic nitrogens is 2. The van der Waals surface area contributed by atoms with Crippen molar-refractivity contribution in [2.75, 3.05) is 24.5 Å². The van der Waals surface area contributed by atoms with Crippen LogP contribution in [0.5, 0.6) is 5.75 Å². The van der Waals surface area contributed by atoms with Crippen LogP contribution in [-0.2, 0) is 26.1 Å². The van der Waals surface area contributed by atoms with Gasteiger partial charge in [-0.1, -0.05) is 42.5 Å². The third-order valence-corrected chi connectivity index (χ3v) is 8.17. The summed E-state index contributed by atoms with van der Waals surface area (Å²) in [6.45, 7) is 7.01. The summed E-state index contributed by atoms with van der Waals surface area (Å²) in [7, 11) is -3.73. The summed E-state index contributed by atoms with van der Waals surface area (Å²) in [5, 5.41) is 14.3. The van der Waals surface area contributed by atoms with Crippen LogP contribution in [0, 0.1) is 0 Å². The number of nitrogens with one attached hydrogen (secondary N) is 2. The number of ether oxygens (including phenoxy) is 2. The minimum Gasteiger partial charge on any atom is -0.482 e. The molecule has 0 radical (unpaired) electrons. The van der Waals surface area contributed by atoms with E-state index in [9.17, 15) is 18.3 Å². The van der Waals surface area contributed by atoms with Crippen molar-refractivity contribution in [1.82, 2.24) is 14.9 Å². The molecule has 10 nitrogen and oxygen atoms in total. The van der Waals surface area contributed by atoms with Crippen molar-refractivity contribution >= 4 is 21.7 Å². The monoisotopic (exact) mass is 606 g/mol. The molecule has 1 heterocycles. The van der Waals surface area contributed by atoms with Gasteiger partial charge in [-0.2, -0.15) is 0 Å². The Hall–Kier alpha value is -4.19. The number of nitrogens with zero attached hydrogens (tertiary/aromatic N) is 2. The van der Waals surface area contributed by atoms with Crippen LogP contribution in [0.25, 0.3) is 11.3 Å². The van der Waals surface area contributed by atoms with Gasteiger partial charge >= 0.3 is 5.97 Å². The summed E-state index contributed by atoms with van der Waals surface area (Å²) < 4.78 is 40.4. The second-order valence-corrected chi connectivity index (χ2v) is 12.4. The molecule has 0 saturated carbocycles. The lowest BCUT2D eigenvalue weighted by Crippen LogP contribution is -2.42. The van der Waals surface area contributed by atoms with Crippen LogP contribution in [0.1, 0.15) is 38.9 Å². The molecule has 11 heteroatoms. The molecule has 0 aliphatic rings. The van der Waals surface area contributed by atoms with E-state index in [2.05, 4.69) is 28.9 Å². The topological polar surface area (TPSA) is 132 Å². The Bertz CT molecular complexity index is 1600. The highest BCUT2D eigenvalue weighted by Gasteiger charge is 2.20. The predicted octanol–water partition coefficient (Wildman–Crippen LogP) is 4.78. The third kappa shape index (κ3) is 9.40. The first-order valence-electron chi connectivity index (χ1n) is 14.1. The van der Waals surface area contributed by atoms with Crippen molar-refractivity contribution in [1.29, 1.82) is 0 Å². The van der Waals surface area contributed by atoms with Gasteiger partial charge in [0, 0.05) is 36.1 Å². The van der Waals surface area contributed by atoms with Gasteiger partial charge in [0.15, 0.2) is 6.61 Å². The number of benzene rings is 3. The van der Waals surface area contributed by atoms with Gasteiger partial charge in [-0.05, 0) is 69.2 Å². The zero-order valence-electron chi connectivity index (χ0n) is 24.6. The van der Waals surface area contributed by atoms with E-state index in [-0.39, 0.29) is 23.6 Å². The number of hydrogen-bond acceptors (Lipinski definition) is 8. The van der Waals surface area contributed by atoms with E-state index in [4.69, 9.17) is 9.47 Å². The molecule has 0 aliphatic carbocycles. The molecule has 0 fully saturated rings. The van der Waals surface area contributed by atoms with Gasteiger partial charge in [0.25, 0.3) is 10.0 Å². The first kappa shape index (κ1) is 31.7. The molecule has 0 saturated heterocycles.